The van der Waals surface area contributed by atoms with E-state index in [1.165, 1.54) is 0 Å². The van der Waals surface area contributed by atoms with Gasteiger partial charge in [0, 0.05) is 36.0 Å². The number of rotatable bonds is 10. The molecule has 10 nitrogen and oxygen atoms in total. The zero-order valence-corrected chi connectivity index (χ0v) is 23.7. The third-order valence-electron chi connectivity index (χ3n) is 6.78. The first kappa shape index (κ1) is 29.9. The Bertz CT molecular complexity index is 1240. The van der Waals surface area contributed by atoms with E-state index < -0.39 is 47.0 Å². The van der Waals surface area contributed by atoms with Crippen LogP contribution in [0.2, 0.25) is 0 Å². The molecule has 2 aromatic rings. The summed E-state index contributed by atoms with van der Waals surface area (Å²) >= 11 is 0. The number of nitrogens with one attached hydrogen (secondary N) is 4. The second kappa shape index (κ2) is 12.4. The summed E-state index contributed by atoms with van der Waals surface area (Å²) < 4.78 is 1.76. The highest BCUT2D eigenvalue weighted by atomic mass is 16.2. The molecule has 1 aromatic carbocycles. The number of ketones is 1. The van der Waals surface area contributed by atoms with Crippen LogP contribution < -0.4 is 21.3 Å². The Hall–Kier alpha value is -3.69. The fourth-order valence-corrected chi connectivity index (χ4v) is 4.85. The van der Waals surface area contributed by atoms with E-state index in [1.54, 1.807) is 38.5 Å². The standard InChI is InChI=1S/C29H41N5O5/c1-17(2)14-21(32-27(38)23-16-18-10-7-8-12-22(18)34(23)6)26(37)31-20(15-19-11-9-13-30-25(19)36)24(35)28(39)33-29(3,4)5/h7-8,10,12,16-17,19-21H,9,11,13-15H2,1-6H3,(H,30,36)(H,31,37)(H,32,38)(H,33,39)/t19-,20-,21-/m0/s1. The quantitative estimate of drug-likeness (QED) is 0.343. The van der Waals surface area contributed by atoms with Gasteiger partial charge in [-0.15, -0.1) is 0 Å². The van der Waals surface area contributed by atoms with Gasteiger partial charge >= 0.3 is 0 Å². The lowest BCUT2D eigenvalue weighted by atomic mass is 9.89. The minimum Gasteiger partial charge on any atom is -0.356 e. The van der Waals surface area contributed by atoms with E-state index in [-0.39, 0.29) is 18.2 Å². The van der Waals surface area contributed by atoms with E-state index in [1.807, 2.05) is 38.1 Å². The van der Waals surface area contributed by atoms with E-state index in [9.17, 15) is 24.0 Å². The molecule has 0 aliphatic carbocycles. The molecule has 0 radical (unpaired) electrons. The Morgan fingerprint density at radius 3 is 2.38 bits per heavy atom. The molecular weight excluding hydrogens is 498 g/mol. The number of aromatic nitrogens is 1. The lowest BCUT2D eigenvalue weighted by molar-refractivity contribution is -0.142. The van der Waals surface area contributed by atoms with E-state index in [0.29, 0.717) is 25.1 Å². The topological polar surface area (TPSA) is 138 Å². The number of Topliss-reactive ketones (excluding diaryl/α,β-unsaturated/α-hetero) is 1. The molecular formula is C29H41N5O5. The van der Waals surface area contributed by atoms with Crippen LogP contribution in [0.4, 0.5) is 0 Å². The summed E-state index contributed by atoms with van der Waals surface area (Å²) in [6.45, 7) is 9.66. The van der Waals surface area contributed by atoms with Gasteiger partial charge in [-0.3, -0.25) is 24.0 Å². The number of aryl methyl sites for hydroxylation is 1. The molecule has 0 spiro atoms. The Labute approximate surface area is 229 Å². The summed E-state index contributed by atoms with van der Waals surface area (Å²) in [4.78, 5) is 65.2. The summed E-state index contributed by atoms with van der Waals surface area (Å²) in [7, 11) is 1.78. The highest BCUT2D eigenvalue weighted by Gasteiger charge is 2.36. The molecule has 0 unspecified atom stereocenters. The van der Waals surface area contributed by atoms with E-state index in [4.69, 9.17) is 0 Å². The van der Waals surface area contributed by atoms with Crippen molar-refractivity contribution in [2.45, 2.75) is 77.9 Å². The van der Waals surface area contributed by atoms with Crippen LogP contribution in [0.3, 0.4) is 0 Å². The predicted molar refractivity (Wildman–Crippen MR) is 149 cm³/mol. The Kier molecular flexibility index (Phi) is 9.53. The molecule has 4 N–H and O–H groups in total. The van der Waals surface area contributed by atoms with Crippen molar-refractivity contribution in [1.29, 1.82) is 0 Å². The van der Waals surface area contributed by atoms with Crippen molar-refractivity contribution in [3.05, 3.63) is 36.0 Å². The number of nitrogens with zero attached hydrogens (tertiary/aromatic N) is 1. The first-order valence-electron chi connectivity index (χ1n) is 13.6. The van der Waals surface area contributed by atoms with Gasteiger partial charge in [0.15, 0.2) is 0 Å². The summed E-state index contributed by atoms with van der Waals surface area (Å²) in [5.74, 6) is -3.31. The summed E-state index contributed by atoms with van der Waals surface area (Å²) in [5.41, 5.74) is 0.624. The lowest BCUT2D eigenvalue weighted by Gasteiger charge is -2.28. The van der Waals surface area contributed by atoms with E-state index in [2.05, 4.69) is 21.3 Å². The Balaban J connectivity index is 1.83. The van der Waals surface area contributed by atoms with Gasteiger partial charge in [-0.25, -0.2) is 0 Å². The van der Waals surface area contributed by atoms with Crippen molar-refractivity contribution >= 4 is 40.3 Å². The van der Waals surface area contributed by atoms with Crippen LogP contribution in [0.15, 0.2) is 30.3 Å². The van der Waals surface area contributed by atoms with Crippen molar-refractivity contribution in [2.75, 3.05) is 6.54 Å². The number of piperidine rings is 1. The number of benzene rings is 1. The van der Waals surface area contributed by atoms with Crippen molar-refractivity contribution in [3.8, 4) is 0 Å². The van der Waals surface area contributed by atoms with Gasteiger partial charge in [-0.05, 0) is 64.5 Å². The highest BCUT2D eigenvalue weighted by Crippen LogP contribution is 2.20. The number of amides is 4. The molecule has 3 rings (SSSR count). The fourth-order valence-electron chi connectivity index (χ4n) is 4.85. The fraction of sp³-hybridized carbons (Fsp3) is 0.552. The van der Waals surface area contributed by atoms with E-state index >= 15 is 0 Å². The molecule has 39 heavy (non-hydrogen) atoms. The molecule has 2 heterocycles. The van der Waals surface area contributed by atoms with Crippen molar-refractivity contribution in [1.82, 2.24) is 25.8 Å². The first-order chi connectivity index (χ1) is 18.3. The number of hydrogen-bond acceptors (Lipinski definition) is 5. The molecule has 4 amide bonds. The summed E-state index contributed by atoms with van der Waals surface area (Å²) in [6.07, 6.45) is 1.62. The molecule has 1 saturated heterocycles. The highest BCUT2D eigenvalue weighted by molar-refractivity contribution is 6.38. The third-order valence-corrected chi connectivity index (χ3v) is 6.78. The third kappa shape index (κ3) is 7.91. The molecule has 0 saturated carbocycles. The molecule has 0 bridgehead atoms. The average Bonchev–Trinajstić information content (AvgIpc) is 3.19. The minimum atomic E-state index is -1.21. The van der Waals surface area contributed by atoms with Crippen LogP contribution in [-0.4, -0.2) is 58.1 Å². The maximum Gasteiger partial charge on any atom is 0.290 e. The van der Waals surface area contributed by atoms with Crippen molar-refractivity contribution < 1.29 is 24.0 Å². The average molecular weight is 540 g/mol. The molecule has 1 aliphatic heterocycles. The molecule has 1 aliphatic rings. The summed E-state index contributed by atoms with van der Waals surface area (Å²) in [6, 6.07) is 7.20. The number of para-hydroxylation sites is 1. The van der Waals surface area contributed by atoms with Crippen LogP contribution in [-0.2, 0) is 26.2 Å². The second-order valence-electron chi connectivity index (χ2n) is 11.8. The smallest absolute Gasteiger partial charge is 0.290 e. The Morgan fingerprint density at radius 2 is 1.77 bits per heavy atom. The number of hydrogen-bond donors (Lipinski definition) is 4. The van der Waals surface area contributed by atoms with E-state index in [0.717, 1.165) is 17.3 Å². The maximum absolute atomic E-state index is 13.5. The van der Waals surface area contributed by atoms with Gasteiger partial charge in [0.25, 0.3) is 11.8 Å². The van der Waals surface area contributed by atoms with Crippen LogP contribution in [0.25, 0.3) is 10.9 Å². The van der Waals surface area contributed by atoms with Gasteiger partial charge in [0.1, 0.15) is 11.7 Å². The van der Waals surface area contributed by atoms with Gasteiger partial charge in [-0.2, -0.15) is 0 Å². The Morgan fingerprint density at radius 1 is 1.08 bits per heavy atom. The van der Waals surface area contributed by atoms with Crippen LogP contribution in [0, 0.1) is 11.8 Å². The van der Waals surface area contributed by atoms with Gasteiger partial charge in [0.2, 0.25) is 17.6 Å². The molecule has 10 heteroatoms. The van der Waals surface area contributed by atoms with Crippen LogP contribution >= 0.6 is 0 Å². The zero-order valence-electron chi connectivity index (χ0n) is 23.7. The lowest BCUT2D eigenvalue weighted by Crippen LogP contribution is -2.56. The van der Waals surface area contributed by atoms with Gasteiger partial charge in [0.05, 0.1) is 6.04 Å². The molecule has 3 atom stereocenters. The number of carbonyl (C=O) groups excluding carboxylic acids is 5. The number of fused-ring (bicyclic) bond motifs is 1. The minimum absolute atomic E-state index is 0.000482. The van der Waals surface area contributed by atoms with Crippen molar-refractivity contribution in [3.63, 3.8) is 0 Å². The summed E-state index contributed by atoms with van der Waals surface area (Å²) in [5, 5.41) is 11.9. The molecule has 1 fully saturated rings. The largest absolute Gasteiger partial charge is 0.356 e. The normalized spacial score (nSPS) is 17.3. The molecule has 212 valence electrons. The monoisotopic (exact) mass is 539 g/mol. The first-order valence-corrected chi connectivity index (χ1v) is 13.6. The van der Waals surface area contributed by atoms with Gasteiger partial charge < -0.3 is 25.8 Å². The van der Waals surface area contributed by atoms with Gasteiger partial charge in [-0.1, -0.05) is 32.0 Å². The van der Waals surface area contributed by atoms with Crippen molar-refractivity contribution in [2.24, 2.45) is 18.9 Å². The number of carbonyl (C=O) groups is 5. The zero-order chi connectivity index (χ0) is 28.9. The second-order valence-corrected chi connectivity index (χ2v) is 11.8. The maximum atomic E-state index is 13.5. The SMILES string of the molecule is CC(C)C[C@H](NC(=O)c1cc2ccccc2n1C)C(=O)N[C@@H](C[C@@H]1CCCNC1=O)C(=O)C(=O)NC(C)(C)C. The molecule has 1 aromatic heterocycles. The predicted octanol–water partition coefficient (Wildman–Crippen LogP) is 2.21. The van der Waals surface area contributed by atoms with Crippen LogP contribution in [0.1, 0.15) is 70.8 Å². The van der Waals surface area contributed by atoms with Crippen LogP contribution in [0.5, 0.6) is 0 Å².